The van der Waals surface area contributed by atoms with Gasteiger partial charge in [-0.1, -0.05) is 26.2 Å². The van der Waals surface area contributed by atoms with Gasteiger partial charge in [0.1, 0.15) is 0 Å². The van der Waals surface area contributed by atoms with E-state index in [1.165, 1.54) is 0 Å². The number of alkyl carbamates (subject to hydrolysis) is 1. The fraction of sp³-hybridized carbons (Fsp3) is 0.923. The first-order chi connectivity index (χ1) is 12.1. The Balaban J connectivity index is 5.16. The average molecular weight is 427 g/mol. The van der Waals surface area contributed by atoms with Gasteiger partial charge in [0, 0.05) is 6.54 Å². The summed E-state index contributed by atoms with van der Waals surface area (Å²) in [5.41, 5.74) is 0. The number of hydrogen-bond acceptors (Lipinski definition) is 2. The van der Waals surface area contributed by atoms with E-state index < -0.39 is 42.6 Å². The van der Waals surface area contributed by atoms with Crippen LogP contribution in [0.1, 0.15) is 32.6 Å². The van der Waals surface area contributed by atoms with Gasteiger partial charge in [-0.25, -0.2) is 13.6 Å². The predicted molar refractivity (Wildman–Crippen MR) is 69.3 cm³/mol. The number of unbranched alkanes of at least 4 members (excludes halogenated alkanes) is 3. The number of alkyl halides is 11. The van der Waals surface area contributed by atoms with Crippen LogP contribution in [0.4, 0.5) is 53.1 Å². The van der Waals surface area contributed by atoms with Crippen LogP contribution in [0.15, 0.2) is 0 Å². The number of ether oxygens (including phenoxy) is 1. The van der Waals surface area contributed by atoms with Crippen molar-refractivity contribution in [1.82, 2.24) is 5.32 Å². The van der Waals surface area contributed by atoms with Crippen molar-refractivity contribution in [3.8, 4) is 0 Å². The van der Waals surface area contributed by atoms with Crippen LogP contribution < -0.4 is 5.32 Å². The highest BCUT2D eigenvalue weighted by Gasteiger charge is 2.85. The number of carbonyl (C=O) groups is 1. The van der Waals surface area contributed by atoms with Crippen molar-refractivity contribution in [3.63, 3.8) is 0 Å². The third-order valence-corrected chi connectivity index (χ3v) is 3.30. The van der Waals surface area contributed by atoms with Gasteiger partial charge >= 0.3 is 42.6 Å². The molecule has 0 saturated heterocycles. The molecule has 3 nitrogen and oxygen atoms in total. The molecule has 0 aliphatic carbocycles. The minimum absolute atomic E-state index is 0.255. The molecular formula is C13H16F11NO2. The van der Waals surface area contributed by atoms with E-state index in [-0.39, 0.29) is 13.0 Å². The quantitative estimate of drug-likeness (QED) is 0.355. The van der Waals surface area contributed by atoms with Crippen LogP contribution in [-0.4, -0.2) is 49.1 Å². The number of nitrogens with one attached hydrogen (secondary N) is 1. The molecule has 0 heterocycles. The van der Waals surface area contributed by atoms with Crippen LogP contribution in [0.25, 0.3) is 0 Å². The third-order valence-electron chi connectivity index (χ3n) is 3.30. The summed E-state index contributed by atoms with van der Waals surface area (Å²) in [7, 11) is 0. The summed E-state index contributed by atoms with van der Waals surface area (Å²) in [6.45, 7) is 1.55. The summed E-state index contributed by atoms with van der Waals surface area (Å²) in [4.78, 5) is 11.0. The van der Waals surface area contributed by atoms with Crippen LogP contribution in [-0.2, 0) is 4.74 Å². The van der Waals surface area contributed by atoms with E-state index in [0.29, 0.717) is 12.8 Å². The maximum atomic E-state index is 13.2. The second-order valence-corrected chi connectivity index (χ2v) is 5.40. The number of halogens is 11. The highest BCUT2D eigenvalue weighted by atomic mass is 19.4. The van der Waals surface area contributed by atoms with Crippen LogP contribution in [0, 0.1) is 0 Å². The maximum Gasteiger partial charge on any atom is 0.409 e. The van der Waals surface area contributed by atoms with Crippen molar-refractivity contribution in [2.75, 3.05) is 6.54 Å². The van der Waals surface area contributed by atoms with Crippen molar-refractivity contribution in [2.24, 2.45) is 0 Å². The molecule has 0 aromatic rings. The highest BCUT2D eigenvalue weighted by Crippen LogP contribution is 2.55. The zero-order chi connectivity index (χ0) is 21.7. The monoisotopic (exact) mass is 427 g/mol. The SMILES string of the molecule is CCCCCCNC(=O)OC(F)C(F)(F)C(F)(F)C(F)(F)C(F)(F)C(F)F. The van der Waals surface area contributed by atoms with Crippen molar-refractivity contribution in [3.05, 3.63) is 0 Å². The van der Waals surface area contributed by atoms with Gasteiger partial charge in [0.2, 0.25) is 0 Å². The topological polar surface area (TPSA) is 38.3 Å². The van der Waals surface area contributed by atoms with Gasteiger partial charge in [-0.05, 0) is 6.42 Å². The van der Waals surface area contributed by atoms with Crippen molar-refractivity contribution < 1.29 is 57.8 Å². The summed E-state index contributed by atoms with van der Waals surface area (Å²) < 4.78 is 144. The van der Waals surface area contributed by atoms with Gasteiger partial charge in [0.05, 0.1) is 0 Å². The molecule has 0 spiro atoms. The molecule has 0 fully saturated rings. The molecule has 0 radical (unpaired) electrons. The summed E-state index contributed by atoms with van der Waals surface area (Å²) in [6, 6.07) is 0. The number of carbonyl (C=O) groups excluding carboxylic acids is 1. The lowest BCUT2D eigenvalue weighted by atomic mass is 9.98. The van der Waals surface area contributed by atoms with E-state index >= 15 is 0 Å². The second-order valence-electron chi connectivity index (χ2n) is 5.40. The zero-order valence-electron chi connectivity index (χ0n) is 13.7. The lowest BCUT2D eigenvalue weighted by Crippen LogP contribution is -2.67. The molecule has 1 N–H and O–H groups in total. The van der Waals surface area contributed by atoms with Crippen molar-refractivity contribution in [1.29, 1.82) is 0 Å². The predicted octanol–water partition coefficient (Wildman–Crippen LogP) is 5.39. The van der Waals surface area contributed by atoms with E-state index in [1.54, 1.807) is 5.32 Å². The van der Waals surface area contributed by atoms with E-state index in [2.05, 4.69) is 4.74 Å². The molecule has 0 rings (SSSR count). The molecule has 0 aliphatic heterocycles. The highest BCUT2D eigenvalue weighted by molar-refractivity contribution is 5.67. The number of amides is 1. The summed E-state index contributed by atoms with van der Waals surface area (Å²) in [6.07, 6.45) is -10.1. The van der Waals surface area contributed by atoms with Gasteiger partial charge in [0.15, 0.2) is 0 Å². The molecule has 162 valence electrons. The Bertz CT molecular complexity index is 485. The van der Waals surface area contributed by atoms with Gasteiger partial charge < -0.3 is 10.1 Å². The van der Waals surface area contributed by atoms with Crippen LogP contribution in [0.3, 0.4) is 0 Å². The lowest BCUT2D eigenvalue weighted by Gasteiger charge is -2.36. The average Bonchev–Trinajstić information content (AvgIpc) is 2.53. The Labute approximate surface area is 146 Å². The third kappa shape index (κ3) is 5.27. The van der Waals surface area contributed by atoms with Gasteiger partial charge in [0.25, 0.3) is 0 Å². The number of hydrogen-bond donors (Lipinski definition) is 1. The summed E-state index contributed by atoms with van der Waals surface area (Å²) in [5, 5.41) is 1.65. The standard InChI is InChI=1S/C13H16F11NO2/c1-2-3-4-5-6-25-9(26)27-8(16)11(19,20)13(23,24)12(21,22)10(17,18)7(14)15/h7-8H,2-6H2,1H3,(H,25,26). The van der Waals surface area contributed by atoms with Crippen LogP contribution >= 0.6 is 0 Å². The molecule has 0 aromatic carbocycles. The Morgan fingerprint density at radius 3 is 1.78 bits per heavy atom. The number of rotatable bonds is 11. The minimum atomic E-state index is -7.36. The second kappa shape index (κ2) is 9.13. The van der Waals surface area contributed by atoms with Crippen LogP contribution in [0.2, 0.25) is 0 Å². The molecule has 1 unspecified atom stereocenters. The summed E-state index contributed by atoms with van der Waals surface area (Å²) >= 11 is 0. The molecular weight excluding hydrogens is 411 g/mol. The Morgan fingerprint density at radius 1 is 0.852 bits per heavy atom. The Kier molecular flexibility index (Phi) is 8.62. The smallest absolute Gasteiger partial charge is 0.408 e. The molecule has 0 aliphatic rings. The van der Waals surface area contributed by atoms with E-state index in [1.807, 2.05) is 6.92 Å². The normalized spacial score (nSPS) is 15.0. The fourth-order valence-electron chi connectivity index (χ4n) is 1.65. The molecule has 0 aromatic heterocycles. The fourth-order valence-corrected chi connectivity index (χ4v) is 1.65. The van der Waals surface area contributed by atoms with Crippen molar-refractivity contribution in [2.45, 2.75) is 69.1 Å². The molecule has 0 saturated carbocycles. The van der Waals surface area contributed by atoms with Gasteiger partial charge in [-0.2, -0.15) is 39.5 Å². The van der Waals surface area contributed by atoms with E-state index in [9.17, 15) is 53.1 Å². The Morgan fingerprint density at radius 2 is 1.33 bits per heavy atom. The molecule has 14 heteroatoms. The summed E-state index contributed by atoms with van der Waals surface area (Å²) in [5.74, 6) is -28.3. The molecule has 27 heavy (non-hydrogen) atoms. The first kappa shape index (κ1) is 25.5. The first-order valence-corrected chi connectivity index (χ1v) is 7.45. The molecule has 1 atom stereocenters. The molecule has 0 bridgehead atoms. The van der Waals surface area contributed by atoms with Gasteiger partial charge in [-0.3, -0.25) is 0 Å². The van der Waals surface area contributed by atoms with E-state index in [0.717, 1.165) is 6.42 Å². The first-order valence-electron chi connectivity index (χ1n) is 7.45. The lowest BCUT2D eigenvalue weighted by molar-refractivity contribution is -0.401. The van der Waals surface area contributed by atoms with Gasteiger partial charge in [-0.15, -0.1) is 0 Å². The largest absolute Gasteiger partial charge is 0.409 e. The van der Waals surface area contributed by atoms with E-state index in [4.69, 9.17) is 0 Å². The maximum absolute atomic E-state index is 13.2. The zero-order valence-corrected chi connectivity index (χ0v) is 13.7. The van der Waals surface area contributed by atoms with Crippen molar-refractivity contribution >= 4 is 6.09 Å². The molecule has 1 amide bonds. The Hall–Kier alpha value is -1.50. The minimum Gasteiger partial charge on any atom is -0.408 e. The van der Waals surface area contributed by atoms with Crippen LogP contribution in [0.5, 0.6) is 0 Å².